The first-order valence-corrected chi connectivity index (χ1v) is 7.42. The molecule has 1 saturated heterocycles. The molecule has 0 unspecified atom stereocenters. The monoisotopic (exact) mass is 342 g/mol. The predicted octanol–water partition coefficient (Wildman–Crippen LogP) is 3.15. The van der Waals surface area contributed by atoms with Crippen LogP contribution in [-0.2, 0) is 4.74 Å². The largest absolute Gasteiger partial charge is 0.497 e. The fourth-order valence-electron chi connectivity index (χ4n) is 2.18. The number of hydrogen-bond donors (Lipinski definition) is 2. The van der Waals surface area contributed by atoms with Gasteiger partial charge in [-0.25, -0.2) is 4.79 Å². The van der Waals surface area contributed by atoms with Gasteiger partial charge >= 0.3 is 6.03 Å². The molecule has 2 atom stereocenters. The van der Waals surface area contributed by atoms with Crippen LogP contribution in [0, 0.1) is 0 Å². The van der Waals surface area contributed by atoms with Crippen LogP contribution in [0.5, 0.6) is 5.75 Å². The zero-order chi connectivity index (χ0) is 14.5. The van der Waals surface area contributed by atoms with E-state index >= 15 is 0 Å². The Balaban J connectivity index is 1.93. The van der Waals surface area contributed by atoms with Crippen LogP contribution in [0.3, 0.4) is 0 Å². The number of carbonyl (C=O) groups excluding carboxylic acids is 1. The van der Waals surface area contributed by atoms with E-state index in [2.05, 4.69) is 26.6 Å². The minimum absolute atomic E-state index is 0.0121. The molecule has 1 aromatic rings. The summed E-state index contributed by atoms with van der Waals surface area (Å²) in [5, 5.41) is 5.71. The number of ether oxygens (including phenoxy) is 2. The fraction of sp³-hybridized carbons (Fsp3) is 0.500. The third-order valence-corrected chi connectivity index (χ3v) is 3.99. The van der Waals surface area contributed by atoms with Gasteiger partial charge in [0.15, 0.2) is 0 Å². The van der Waals surface area contributed by atoms with E-state index < -0.39 is 0 Å². The summed E-state index contributed by atoms with van der Waals surface area (Å²) in [6, 6.07) is 5.16. The summed E-state index contributed by atoms with van der Waals surface area (Å²) in [6.07, 6.45) is 2.15. The Morgan fingerprint density at radius 1 is 1.55 bits per heavy atom. The lowest BCUT2D eigenvalue weighted by molar-refractivity contribution is 0.0868. The van der Waals surface area contributed by atoms with Gasteiger partial charge in [0.2, 0.25) is 0 Å². The maximum Gasteiger partial charge on any atom is 0.319 e. The van der Waals surface area contributed by atoms with E-state index in [9.17, 15) is 4.79 Å². The molecule has 1 aromatic carbocycles. The molecule has 2 rings (SSSR count). The van der Waals surface area contributed by atoms with E-state index in [1.54, 1.807) is 13.2 Å². The Kier molecular flexibility index (Phi) is 5.25. The third-order valence-electron chi connectivity index (χ3n) is 3.30. The van der Waals surface area contributed by atoms with Gasteiger partial charge in [-0.05, 0) is 47.8 Å². The number of rotatable bonds is 4. The van der Waals surface area contributed by atoms with Crippen LogP contribution in [-0.4, -0.2) is 31.9 Å². The summed E-state index contributed by atoms with van der Waals surface area (Å²) >= 11 is 3.40. The maximum absolute atomic E-state index is 12.0. The van der Waals surface area contributed by atoms with Gasteiger partial charge in [0.1, 0.15) is 5.75 Å². The van der Waals surface area contributed by atoms with Crippen LogP contribution in [0.15, 0.2) is 22.7 Å². The number of hydrogen-bond acceptors (Lipinski definition) is 3. The van der Waals surface area contributed by atoms with Gasteiger partial charge in [-0.15, -0.1) is 0 Å². The Bertz CT molecular complexity index is 475. The molecule has 0 saturated carbocycles. The van der Waals surface area contributed by atoms with Gasteiger partial charge < -0.3 is 20.1 Å². The Labute approximate surface area is 127 Å². The second-order valence-corrected chi connectivity index (χ2v) is 5.64. The highest BCUT2D eigenvalue weighted by Gasteiger charge is 2.23. The molecule has 110 valence electrons. The highest BCUT2D eigenvalue weighted by molar-refractivity contribution is 9.10. The SMILES string of the molecule is COc1ccc(Br)c(NC(=O)N[C@H](C)[C@@H]2CCCO2)c1. The molecule has 1 aliphatic heterocycles. The topological polar surface area (TPSA) is 59.6 Å². The fourth-order valence-corrected chi connectivity index (χ4v) is 2.53. The Hall–Kier alpha value is -1.27. The van der Waals surface area contributed by atoms with E-state index in [-0.39, 0.29) is 18.2 Å². The summed E-state index contributed by atoms with van der Waals surface area (Å²) < 4.78 is 11.5. The Morgan fingerprint density at radius 2 is 2.35 bits per heavy atom. The maximum atomic E-state index is 12.0. The minimum atomic E-state index is -0.248. The summed E-state index contributed by atoms with van der Waals surface area (Å²) in [4.78, 5) is 12.0. The van der Waals surface area contributed by atoms with Crippen molar-refractivity contribution in [3.63, 3.8) is 0 Å². The van der Waals surface area contributed by atoms with Crippen molar-refractivity contribution in [1.82, 2.24) is 5.32 Å². The minimum Gasteiger partial charge on any atom is -0.497 e. The number of nitrogens with one attached hydrogen (secondary N) is 2. The van der Waals surface area contributed by atoms with Crippen molar-refractivity contribution >= 4 is 27.6 Å². The van der Waals surface area contributed by atoms with Gasteiger partial charge in [0.25, 0.3) is 0 Å². The molecule has 6 heteroatoms. The van der Waals surface area contributed by atoms with Crippen molar-refractivity contribution < 1.29 is 14.3 Å². The van der Waals surface area contributed by atoms with Crippen LogP contribution in [0.2, 0.25) is 0 Å². The zero-order valence-electron chi connectivity index (χ0n) is 11.6. The van der Waals surface area contributed by atoms with E-state index in [1.807, 2.05) is 19.1 Å². The number of carbonyl (C=O) groups is 1. The van der Waals surface area contributed by atoms with Gasteiger partial charge in [-0.2, -0.15) is 0 Å². The first kappa shape index (κ1) is 15.1. The summed E-state index contributed by atoms with van der Waals surface area (Å²) in [5.41, 5.74) is 0.668. The highest BCUT2D eigenvalue weighted by atomic mass is 79.9. The lowest BCUT2D eigenvalue weighted by Crippen LogP contribution is -2.43. The molecule has 0 bridgehead atoms. The molecule has 0 radical (unpaired) electrons. The third kappa shape index (κ3) is 3.86. The van der Waals surface area contributed by atoms with E-state index in [0.717, 1.165) is 23.9 Å². The summed E-state index contributed by atoms with van der Waals surface area (Å²) in [6.45, 7) is 2.73. The molecule has 1 heterocycles. The van der Waals surface area contributed by atoms with Crippen molar-refractivity contribution in [2.24, 2.45) is 0 Å². The number of anilines is 1. The number of methoxy groups -OCH3 is 1. The molecule has 1 aliphatic rings. The van der Waals surface area contributed by atoms with E-state index in [4.69, 9.17) is 9.47 Å². The molecule has 0 spiro atoms. The molecule has 5 nitrogen and oxygen atoms in total. The average Bonchev–Trinajstić information content (AvgIpc) is 2.95. The first-order valence-electron chi connectivity index (χ1n) is 6.63. The summed E-state index contributed by atoms with van der Waals surface area (Å²) in [5.74, 6) is 0.690. The van der Waals surface area contributed by atoms with Crippen molar-refractivity contribution in [3.8, 4) is 5.75 Å². The molecule has 2 N–H and O–H groups in total. The van der Waals surface area contributed by atoms with Crippen molar-refractivity contribution in [1.29, 1.82) is 0 Å². The molecule has 1 fully saturated rings. The smallest absolute Gasteiger partial charge is 0.319 e. The van der Waals surface area contributed by atoms with Crippen LogP contribution < -0.4 is 15.4 Å². The number of urea groups is 1. The van der Waals surface area contributed by atoms with Crippen LogP contribution in [0.4, 0.5) is 10.5 Å². The van der Waals surface area contributed by atoms with Gasteiger partial charge in [0, 0.05) is 17.1 Å². The lowest BCUT2D eigenvalue weighted by atomic mass is 10.1. The number of amides is 2. The molecule has 0 aromatic heterocycles. The van der Waals surface area contributed by atoms with Crippen LogP contribution >= 0.6 is 15.9 Å². The zero-order valence-corrected chi connectivity index (χ0v) is 13.2. The molecule has 0 aliphatic carbocycles. The highest BCUT2D eigenvalue weighted by Crippen LogP contribution is 2.27. The number of halogens is 1. The van der Waals surface area contributed by atoms with Crippen molar-refractivity contribution in [2.45, 2.75) is 31.9 Å². The number of benzene rings is 1. The van der Waals surface area contributed by atoms with Crippen molar-refractivity contribution in [3.05, 3.63) is 22.7 Å². The quantitative estimate of drug-likeness (QED) is 0.883. The normalized spacial score (nSPS) is 19.4. The second-order valence-electron chi connectivity index (χ2n) is 4.78. The molecule has 20 heavy (non-hydrogen) atoms. The molecular weight excluding hydrogens is 324 g/mol. The first-order chi connectivity index (χ1) is 9.60. The van der Waals surface area contributed by atoms with E-state index in [1.165, 1.54) is 0 Å². The van der Waals surface area contributed by atoms with Gasteiger partial charge in [-0.3, -0.25) is 0 Å². The van der Waals surface area contributed by atoms with Gasteiger partial charge in [0.05, 0.1) is 24.9 Å². The average molecular weight is 343 g/mol. The van der Waals surface area contributed by atoms with E-state index in [0.29, 0.717) is 11.4 Å². The predicted molar refractivity (Wildman–Crippen MR) is 81.3 cm³/mol. The standard InChI is InChI=1S/C14H19BrN2O3/c1-9(13-4-3-7-20-13)16-14(18)17-12-8-10(19-2)5-6-11(12)15/h5-6,8-9,13H,3-4,7H2,1-2H3,(H2,16,17,18)/t9-,13+/m1/s1. The molecule has 2 amide bonds. The van der Waals surface area contributed by atoms with Gasteiger partial charge in [-0.1, -0.05) is 0 Å². The van der Waals surface area contributed by atoms with Crippen molar-refractivity contribution in [2.75, 3.05) is 19.0 Å². The summed E-state index contributed by atoms with van der Waals surface area (Å²) in [7, 11) is 1.59. The Morgan fingerprint density at radius 3 is 3.00 bits per heavy atom. The lowest BCUT2D eigenvalue weighted by Gasteiger charge is -2.20. The molecular formula is C14H19BrN2O3. The van der Waals surface area contributed by atoms with Crippen LogP contribution in [0.1, 0.15) is 19.8 Å². The second kappa shape index (κ2) is 6.95. The van der Waals surface area contributed by atoms with Crippen LogP contribution in [0.25, 0.3) is 0 Å².